The number of aromatic nitrogens is 3. The zero-order valence-electron chi connectivity index (χ0n) is 11.6. The standard InChI is InChI=1S/C12H13ClN4O4/c1-18-7-4-6(5-8(19-2)9(7)20-3)21-12-16-10(13)15-11(14)17-12/h4-5H,1-3H3,(H2,14,15,16,17). The number of hydrogen-bond donors (Lipinski definition) is 1. The van der Waals surface area contributed by atoms with Crippen molar-refractivity contribution in [3.05, 3.63) is 17.4 Å². The molecule has 2 N–H and O–H groups in total. The third kappa shape index (κ3) is 3.34. The van der Waals surface area contributed by atoms with E-state index in [9.17, 15) is 0 Å². The van der Waals surface area contributed by atoms with E-state index < -0.39 is 0 Å². The minimum Gasteiger partial charge on any atom is -0.493 e. The Labute approximate surface area is 125 Å². The van der Waals surface area contributed by atoms with Gasteiger partial charge in [0.05, 0.1) is 21.3 Å². The van der Waals surface area contributed by atoms with Gasteiger partial charge in [0.25, 0.3) is 0 Å². The summed E-state index contributed by atoms with van der Waals surface area (Å²) in [6.45, 7) is 0. The Bertz CT molecular complexity index is 608. The summed E-state index contributed by atoms with van der Waals surface area (Å²) in [6.07, 6.45) is 0. The van der Waals surface area contributed by atoms with Crippen molar-refractivity contribution in [2.24, 2.45) is 0 Å². The van der Waals surface area contributed by atoms with Crippen LogP contribution in [0.15, 0.2) is 12.1 Å². The van der Waals surface area contributed by atoms with Crippen LogP contribution in [0.3, 0.4) is 0 Å². The van der Waals surface area contributed by atoms with E-state index in [1.165, 1.54) is 21.3 Å². The van der Waals surface area contributed by atoms with Crippen LogP contribution >= 0.6 is 11.6 Å². The molecule has 1 aromatic heterocycles. The molecule has 1 heterocycles. The fourth-order valence-electron chi connectivity index (χ4n) is 1.61. The zero-order valence-corrected chi connectivity index (χ0v) is 12.3. The normalized spacial score (nSPS) is 10.1. The van der Waals surface area contributed by atoms with Crippen LogP contribution < -0.4 is 24.7 Å². The number of halogens is 1. The first-order chi connectivity index (χ1) is 10.1. The van der Waals surface area contributed by atoms with Crippen molar-refractivity contribution in [2.75, 3.05) is 27.1 Å². The molecule has 1 aromatic carbocycles. The Kier molecular flexibility index (Phi) is 4.49. The van der Waals surface area contributed by atoms with Crippen molar-refractivity contribution in [3.63, 3.8) is 0 Å². The second kappa shape index (κ2) is 6.31. The van der Waals surface area contributed by atoms with Gasteiger partial charge in [0.1, 0.15) is 5.75 Å². The lowest BCUT2D eigenvalue weighted by molar-refractivity contribution is 0.320. The fourth-order valence-corrected chi connectivity index (χ4v) is 1.77. The molecular formula is C12H13ClN4O4. The van der Waals surface area contributed by atoms with Crippen molar-refractivity contribution in [2.45, 2.75) is 0 Å². The van der Waals surface area contributed by atoms with Crippen molar-refractivity contribution in [1.82, 2.24) is 15.0 Å². The monoisotopic (exact) mass is 312 g/mol. The Morgan fingerprint density at radius 3 is 2.05 bits per heavy atom. The average molecular weight is 313 g/mol. The average Bonchev–Trinajstić information content (AvgIpc) is 2.45. The lowest BCUT2D eigenvalue weighted by Crippen LogP contribution is -2.01. The van der Waals surface area contributed by atoms with Crippen LogP contribution in [0.4, 0.5) is 5.95 Å². The minimum absolute atomic E-state index is 0.0400. The smallest absolute Gasteiger partial charge is 0.328 e. The fraction of sp³-hybridized carbons (Fsp3) is 0.250. The summed E-state index contributed by atoms with van der Waals surface area (Å²) < 4.78 is 21.1. The second-order valence-corrected chi connectivity index (χ2v) is 4.05. The van der Waals surface area contributed by atoms with Gasteiger partial charge in [-0.25, -0.2) is 0 Å². The first kappa shape index (κ1) is 14.9. The van der Waals surface area contributed by atoms with Crippen LogP contribution in [0, 0.1) is 0 Å². The molecule has 2 aromatic rings. The second-order valence-electron chi connectivity index (χ2n) is 3.71. The largest absolute Gasteiger partial charge is 0.493 e. The molecule has 0 saturated carbocycles. The molecule has 0 atom stereocenters. The molecule has 0 amide bonds. The number of rotatable bonds is 5. The summed E-state index contributed by atoms with van der Waals surface area (Å²) in [5, 5.41) is -0.0649. The number of hydrogen-bond acceptors (Lipinski definition) is 8. The summed E-state index contributed by atoms with van der Waals surface area (Å²) in [5.74, 6) is 1.63. The topological polar surface area (TPSA) is 102 Å². The molecule has 0 spiro atoms. The van der Waals surface area contributed by atoms with Crippen LogP contribution in [-0.2, 0) is 0 Å². The van der Waals surface area contributed by atoms with Gasteiger partial charge in [-0.2, -0.15) is 15.0 Å². The molecule has 2 rings (SSSR count). The lowest BCUT2D eigenvalue weighted by Gasteiger charge is -2.13. The molecule has 112 valence electrons. The van der Waals surface area contributed by atoms with Crippen LogP contribution in [0.2, 0.25) is 5.28 Å². The summed E-state index contributed by atoms with van der Waals surface area (Å²) in [7, 11) is 4.51. The highest BCUT2D eigenvalue weighted by molar-refractivity contribution is 6.28. The summed E-state index contributed by atoms with van der Waals surface area (Å²) in [4.78, 5) is 11.3. The van der Waals surface area contributed by atoms with Crippen LogP contribution in [0.5, 0.6) is 29.0 Å². The molecule has 0 unspecified atom stereocenters. The quantitative estimate of drug-likeness (QED) is 0.893. The maximum Gasteiger partial charge on any atom is 0.328 e. The molecule has 8 nitrogen and oxygen atoms in total. The highest BCUT2D eigenvalue weighted by Gasteiger charge is 2.15. The van der Waals surface area contributed by atoms with Gasteiger partial charge in [0.2, 0.25) is 17.0 Å². The van der Waals surface area contributed by atoms with E-state index in [2.05, 4.69) is 15.0 Å². The van der Waals surface area contributed by atoms with Gasteiger partial charge < -0.3 is 24.7 Å². The van der Waals surface area contributed by atoms with E-state index >= 15 is 0 Å². The van der Waals surface area contributed by atoms with E-state index in [-0.39, 0.29) is 17.2 Å². The molecule has 0 bridgehead atoms. The van der Waals surface area contributed by atoms with E-state index in [0.717, 1.165) is 0 Å². The van der Waals surface area contributed by atoms with Gasteiger partial charge in [-0.3, -0.25) is 0 Å². The van der Waals surface area contributed by atoms with Crippen molar-refractivity contribution < 1.29 is 18.9 Å². The Balaban J connectivity index is 2.40. The maximum absolute atomic E-state index is 5.69. The number of ether oxygens (including phenoxy) is 4. The molecule has 0 aliphatic carbocycles. The van der Waals surface area contributed by atoms with Crippen LogP contribution in [0.25, 0.3) is 0 Å². The van der Waals surface area contributed by atoms with Crippen molar-refractivity contribution in [3.8, 4) is 29.0 Å². The number of anilines is 1. The number of nitrogens with zero attached hydrogens (tertiary/aromatic N) is 3. The molecule has 0 radical (unpaired) electrons. The highest BCUT2D eigenvalue weighted by atomic mass is 35.5. The Hall–Kier alpha value is -2.48. The van der Waals surface area contributed by atoms with E-state index in [0.29, 0.717) is 23.0 Å². The summed E-state index contributed by atoms with van der Waals surface area (Å²) in [5.41, 5.74) is 5.47. The molecular weight excluding hydrogens is 300 g/mol. The Morgan fingerprint density at radius 1 is 0.952 bits per heavy atom. The molecule has 0 fully saturated rings. The molecule has 0 saturated heterocycles. The van der Waals surface area contributed by atoms with E-state index in [1.807, 2.05) is 0 Å². The van der Waals surface area contributed by atoms with E-state index in [1.54, 1.807) is 12.1 Å². The maximum atomic E-state index is 5.69. The molecule has 0 aliphatic rings. The van der Waals surface area contributed by atoms with Crippen LogP contribution in [-0.4, -0.2) is 36.3 Å². The summed E-state index contributed by atoms with van der Waals surface area (Å²) >= 11 is 5.69. The SMILES string of the molecule is COc1cc(Oc2nc(N)nc(Cl)n2)cc(OC)c1OC. The van der Waals surface area contributed by atoms with Gasteiger partial charge in [0, 0.05) is 12.1 Å². The van der Waals surface area contributed by atoms with Gasteiger partial charge in [-0.15, -0.1) is 0 Å². The molecule has 9 heteroatoms. The highest BCUT2D eigenvalue weighted by Crippen LogP contribution is 2.41. The zero-order chi connectivity index (χ0) is 15.4. The molecule has 0 aliphatic heterocycles. The number of benzene rings is 1. The van der Waals surface area contributed by atoms with Gasteiger partial charge in [-0.05, 0) is 11.6 Å². The number of methoxy groups -OCH3 is 3. The third-order valence-corrected chi connectivity index (χ3v) is 2.62. The number of nitrogens with two attached hydrogens (primary N) is 1. The lowest BCUT2D eigenvalue weighted by atomic mass is 10.2. The van der Waals surface area contributed by atoms with Gasteiger partial charge in [0.15, 0.2) is 11.5 Å². The minimum atomic E-state index is -0.0649. The third-order valence-electron chi connectivity index (χ3n) is 2.45. The predicted molar refractivity (Wildman–Crippen MR) is 75.4 cm³/mol. The van der Waals surface area contributed by atoms with Gasteiger partial charge in [-0.1, -0.05) is 0 Å². The summed E-state index contributed by atoms with van der Waals surface area (Å²) in [6, 6.07) is 3.14. The van der Waals surface area contributed by atoms with Crippen LogP contribution in [0.1, 0.15) is 0 Å². The Morgan fingerprint density at radius 2 is 1.57 bits per heavy atom. The van der Waals surface area contributed by atoms with Crippen molar-refractivity contribution >= 4 is 17.5 Å². The first-order valence-electron chi connectivity index (χ1n) is 5.72. The first-order valence-corrected chi connectivity index (χ1v) is 6.10. The van der Waals surface area contributed by atoms with Gasteiger partial charge >= 0.3 is 6.01 Å². The van der Waals surface area contributed by atoms with Crippen molar-refractivity contribution in [1.29, 1.82) is 0 Å². The number of nitrogen functional groups attached to an aromatic ring is 1. The molecule has 21 heavy (non-hydrogen) atoms. The predicted octanol–water partition coefficient (Wildman–Crippen LogP) is 1.93. The van der Waals surface area contributed by atoms with E-state index in [4.69, 9.17) is 36.3 Å².